The molecule has 1 N–H and O–H groups in total. The lowest BCUT2D eigenvalue weighted by Crippen LogP contribution is -2.12. The number of hydrazone groups is 1. The molecule has 2 rings (SSSR count). The Labute approximate surface area is 78.0 Å². The maximum atomic E-state index is 4.20. The summed E-state index contributed by atoms with van der Waals surface area (Å²) in [4.78, 5) is 4.02. The van der Waals surface area contributed by atoms with Crippen LogP contribution in [0, 0.1) is 5.88 Å². The van der Waals surface area contributed by atoms with Crippen molar-refractivity contribution in [1.82, 2.24) is 14.7 Å². The van der Waals surface area contributed by atoms with Crippen LogP contribution >= 0.6 is 23.3 Å². The van der Waals surface area contributed by atoms with Gasteiger partial charge in [-0.2, -0.15) is 4.37 Å². The van der Waals surface area contributed by atoms with E-state index in [1.165, 1.54) is 29.6 Å². The number of rotatable bonds is 1. The molecular formula is C5H6N5S2. The molecule has 1 radical (unpaired) electrons. The van der Waals surface area contributed by atoms with E-state index < -0.39 is 0 Å². The standard InChI is InChI=1S/C5H6N5S2/c1-6-4-9-10(3-11-4)5-7-2-8-12-5/h2-3H,1H3,(H,6,9). The zero-order valence-corrected chi connectivity index (χ0v) is 7.89. The minimum absolute atomic E-state index is 0.785. The Hall–Kier alpha value is -0.820. The van der Waals surface area contributed by atoms with E-state index in [2.05, 4.69) is 19.8 Å². The molecule has 12 heavy (non-hydrogen) atoms. The van der Waals surface area contributed by atoms with Gasteiger partial charge in [0.2, 0.25) is 5.13 Å². The average Bonchev–Trinajstić information content (AvgIpc) is 2.75. The van der Waals surface area contributed by atoms with Gasteiger partial charge in [0.15, 0.2) is 5.17 Å². The van der Waals surface area contributed by atoms with E-state index in [1.807, 2.05) is 12.9 Å². The van der Waals surface area contributed by atoms with Crippen LogP contribution in [0.1, 0.15) is 0 Å². The quantitative estimate of drug-likeness (QED) is 0.723. The molecule has 1 aliphatic heterocycles. The smallest absolute Gasteiger partial charge is 0.226 e. The van der Waals surface area contributed by atoms with Gasteiger partial charge in [-0.3, -0.25) is 0 Å². The first-order chi connectivity index (χ1) is 5.90. The molecule has 1 aromatic heterocycles. The summed E-state index contributed by atoms with van der Waals surface area (Å²) in [6.07, 6.45) is 1.52. The van der Waals surface area contributed by atoms with Crippen molar-refractivity contribution in [2.45, 2.75) is 0 Å². The van der Waals surface area contributed by atoms with Crippen molar-refractivity contribution >= 4 is 33.6 Å². The van der Waals surface area contributed by atoms with E-state index in [1.54, 1.807) is 5.01 Å². The molecule has 1 aliphatic rings. The summed E-state index contributed by atoms with van der Waals surface area (Å²) in [5, 5.41) is 10.5. The van der Waals surface area contributed by atoms with Crippen molar-refractivity contribution in [3.05, 3.63) is 12.2 Å². The van der Waals surface area contributed by atoms with E-state index in [-0.39, 0.29) is 0 Å². The molecule has 0 saturated carbocycles. The maximum absolute atomic E-state index is 4.20. The van der Waals surface area contributed by atoms with Gasteiger partial charge in [-0.1, -0.05) is 11.8 Å². The van der Waals surface area contributed by atoms with Crippen LogP contribution in [0.4, 0.5) is 5.13 Å². The average molecular weight is 200 g/mol. The normalized spacial score (nSPS) is 16.4. The van der Waals surface area contributed by atoms with Gasteiger partial charge in [0, 0.05) is 18.6 Å². The number of nitrogens with one attached hydrogen (secondary N) is 1. The number of hydrogen-bond donors (Lipinski definition) is 1. The van der Waals surface area contributed by atoms with Gasteiger partial charge in [0.1, 0.15) is 12.2 Å². The number of hydrogen-bond acceptors (Lipinski definition) is 7. The largest absolute Gasteiger partial charge is 0.366 e. The molecule has 0 amide bonds. The Morgan fingerprint density at radius 2 is 2.50 bits per heavy atom. The predicted molar refractivity (Wildman–Crippen MR) is 50.8 cm³/mol. The highest BCUT2D eigenvalue weighted by Crippen LogP contribution is 2.27. The summed E-state index contributed by atoms with van der Waals surface area (Å²) in [6.45, 7) is 0. The first kappa shape index (κ1) is 7.81. The predicted octanol–water partition coefficient (Wildman–Crippen LogP) is 0.701. The number of amidine groups is 1. The molecule has 0 spiro atoms. The zero-order chi connectivity index (χ0) is 8.39. The Morgan fingerprint density at radius 1 is 1.58 bits per heavy atom. The third kappa shape index (κ3) is 1.37. The van der Waals surface area contributed by atoms with Crippen molar-refractivity contribution < 1.29 is 0 Å². The van der Waals surface area contributed by atoms with Crippen LogP contribution in [0.25, 0.3) is 0 Å². The molecule has 0 unspecified atom stereocenters. The minimum Gasteiger partial charge on any atom is -0.366 e. The zero-order valence-electron chi connectivity index (χ0n) is 6.26. The second kappa shape index (κ2) is 3.28. The molecule has 0 atom stereocenters. The third-order valence-corrected chi connectivity index (χ3v) is 2.69. The molecular weight excluding hydrogens is 194 g/mol. The molecule has 2 heterocycles. The van der Waals surface area contributed by atoms with Crippen LogP contribution in [0.2, 0.25) is 0 Å². The van der Waals surface area contributed by atoms with Gasteiger partial charge in [0.25, 0.3) is 0 Å². The number of aromatic nitrogens is 2. The maximum Gasteiger partial charge on any atom is 0.226 e. The second-order valence-electron chi connectivity index (χ2n) is 1.95. The SMILES string of the molecule is CNC1=NN(c2ncns2)[CH]S1. The minimum atomic E-state index is 0.785. The van der Waals surface area contributed by atoms with E-state index in [4.69, 9.17) is 0 Å². The van der Waals surface area contributed by atoms with Crippen LogP contribution in [0.5, 0.6) is 0 Å². The van der Waals surface area contributed by atoms with Crippen LogP contribution in [-0.4, -0.2) is 21.6 Å². The van der Waals surface area contributed by atoms with Gasteiger partial charge in [-0.15, -0.1) is 5.10 Å². The van der Waals surface area contributed by atoms with E-state index in [9.17, 15) is 0 Å². The van der Waals surface area contributed by atoms with Crippen LogP contribution in [0.15, 0.2) is 11.4 Å². The summed E-state index contributed by atoms with van der Waals surface area (Å²) in [5.74, 6) is 1.88. The molecule has 0 saturated heterocycles. The van der Waals surface area contributed by atoms with Gasteiger partial charge in [-0.25, -0.2) is 9.99 Å². The number of thioether (sulfide) groups is 1. The lowest BCUT2D eigenvalue weighted by atomic mass is 11.0. The fourth-order valence-corrected chi connectivity index (χ4v) is 1.84. The molecule has 1 aromatic rings. The summed E-state index contributed by atoms with van der Waals surface area (Å²) < 4.78 is 3.89. The van der Waals surface area contributed by atoms with E-state index in [0.29, 0.717) is 0 Å². The molecule has 5 nitrogen and oxygen atoms in total. The molecule has 63 valence electrons. The summed E-state index contributed by atoms with van der Waals surface area (Å²) in [6, 6.07) is 0. The monoisotopic (exact) mass is 200 g/mol. The fourth-order valence-electron chi connectivity index (χ4n) is 0.710. The lowest BCUT2D eigenvalue weighted by molar-refractivity contribution is 1.03. The fraction of sp³-hybridized carbons (Fsp3) is 0.200. The first-order valence-electron chi connectivity index (χ1n) is 3.22. The molecule has 0 bridgehead atoms. The van der Waals surface area contributed by atoms with Crippen molar-refractivity contribution in [3.8, 4) is 0 Å². The number of nitrogens with zero attached hydrogens (tertiary/aromatic N) is 4. The Kier molecular flexibility index (Phi) is 2.13. The summed E-state index contributed by atoms with van der Waals surface area (Å²) in [7, 11) is 1.84. The summed E-state index contributed by atoms with van der Waals surface area (Å²) in [5.41, 5.74) is 0. The highest BCUT2D eigenvalue weighted by molar-refractivity contribution is 8.15. The van der Waals surface area contributed by atoms with Crippen LogP contribution in [0.3, 0.4) is 0 Å². The Balaban J connectivity index is 2.13. The molecule has 0 aliphatic carbocycles. The summed E-state index contributed by atoms with van der Waals surface area (Å²) >= 11 is 2.85. The molecule has 0 aromatic carbocycles. The molecule has 0 fully saturated rings. The van der Waals surface area contributed by atoms with Crippen molar-refractivity contribution in [2.75, 3.05) is 12.1 Å². The van der Waals surface area contributed by atoms with Gasteiger partial charge in [-0.05, 0) is 0 Å². The van der Waals surface area contributed by atoms with Gasteiger partial charge in [0.05, 0.1) is 0 Å². The third-order valence-electron chi connectivity index (χ3n) is 1.22. The Morgan fingerprint density at radius 3 is 3.08 bits per heavy atom. The van der Waals surface area contributed by atoms with Gasteiger partial charge < -0.3 is 5.32 Å². The molecule has 7 heteroatoms. The van der Waals surface area contributed by atoms with Crippen molar-refractivity contribution in [2.24, 2.45) is 5.10 Å². The number of anilines is 1. The second-order valence-corrected chi connectivity index (χ2v) is 3.54. The highest BCUT2D eigenvalue weighted by Gasteiger charge is 2.18. The first-order valence-corrected chi connectivity index (χ1v) is 4.87. The van der Waals surface area contributed by atoms with Crippen molar-refractivity contribution in [1.29, 1.82) is 0 Å². The van der Waals surface area contributed by atoms with E-state index in [0.717, 1.165) is 10.3 Å². The van der Waals surface area contributed by atoms with Crippen LogP contribution in [-0.2, 0) is 0 Å². The Bertz CT molecular complexity index is 282. The van der Waals surface area contributed by atoms with Crippen LogP contribution < -0.4 is 10.3 Å². The van der Waals surface area contributed by atoms with E-state index >= 15 is 0 Å². The lowest BCUT2D eigenvalue weighted by Gasteiger charge is -2.03. The topological polar surface area (TPSA) is 53.4 Å². The van der Waals surface area contributed by atoms with Crippen molar-refractivity contribution in [3.63, 3.8) is 0 Å². The van der Waals surface area contributed by atoms with Gasteiger partial charge >= 0.3 is 0 Å². The highest BCUT2D eigenvalue weighted by atomic mass is 32.2.